The van der Waals surface area contributed by atoms with Gasteiger partial charge in [-0.05, 0) is 62.2 Å². The van der Waals surface area contributed by atoms with Crippen LogP contribution >= 0.6 is 11.6 Å². The van der Waals surface area contributed by atoms with Gasteiger partial charge in [-0.15, -0.1) is 0 Å². The number of ether oxygens (including phenoxy) is 2. The van der Waals surface area contributed by atoms with Crippen molar-refractivity contribution < 1.29 is 27.5 Å². The Morgan fingerprint density at radius 3 is 2.29 bits per heavy atom. The number of hydrogen-bond acceptors (Lipinski definition) is 6. The molecule has 0 aromatic heterocycles. The molecule has 1 N–H and O–H groups in total. The number of amides is 2. The number of nitrogens with one attached hydrogen (secondary N) is 1. The van der Waals surface area contributed by atoms with Crippen molar-refractivity contribution in [2.45, 2.75) is 51.1 Å². The summed E-state index contributed by atoms with van der Waals surface area (Å²) in [6.45, 7) is 5.51. The van der Waals surface area contributed by atoms with Crippen molar-refractivity contribution in [1.29, 1.82) is 0 Å². The zero-order chi connectivity index (χ0) is 30.9. The number of hydrogen-bond donors (Lipinski definition) is 1. The Labute approximate surface area is 253 Å². The summed E-state index contributed by atoms with van der Waals surface area (Å²) in [5, 5.41) is 3.35. The van der Waals surface area contributed by atoms with E-state index in [4.69, 9.17) is 21.1 Å². The molecular formula is C31H38ClN3O6S. The van der Waals surface area contributed by atoms with E-state index in [0.29, 0.717) is 28.6 Å². The fourth-order valence-corrected chi connectivity index (χ4v) is 5.94. The average Bonchev–Trinajstić information content (AvgIpc) is 2.98. The van der Waals surface area contributed by atoms with Crippen LogP contribution in [-0.2, 0) is 26.2 Å². The van der Waals surface area contributed by atoms with Gasteiger partial charge in [0.25, 0.3) is 10.0 Å². The SMILES string of the molecule is CCCCNC(=O)[C@@H](C)N(Cc1cccc(Cl)c1)C(=O)CN(c1ccc(C)cc1)S(=O)(=O)c1ccc(OC)c(OC)c1. The topological polar surface area (TPSA) is 105 Å². The number of carbonyl (C=O) groups is 2. The molecule has 11 heteroatoms. The van der Waals surface area contributed by atoms with E-state index in [1.54, 1.807) is 55.5 Å². The van der Waals surface area contributed by atoms with Gasteiger partial charge in [-0.1, -0.05) is 54.8 Å². The van der Waals surface area contributed by atoms with Gasteiger partial charge in [-0.3, -0.25) is 13.9 Å². The molecule has 42 heavy (non-hydrogen) atoms. The first-order chi connectivity index (χ1) is 20.0. The van der Waals surface area contributed by atoms with Gasteiger partial charge in [0.15, 0.2) is 11.5 Å². The van der Waals surface area contributed by atoms with Crippen molar-refractivity contribution in [2.24, 2.45) is 0 Å². The molecule has 3 aromatic carbocycles. The Morgan fingerprint density at radius 1 is 0.976 bits per heavy atom. The summed E-state index contributed by atoms with van der Waals surface area (Å²) in [5.41, 5.74) is 1.92. The Morgan fingerprint density at radius 2 is 1.67 bits per heavy atom. The molecule has 0 heterocycles. The van der Waals surface area contributed by atoms with Crippen molar-refractivity contribution in [1.82, 2.24) is 10.2 Å². The molecule has 0 unspecified atom stereocenters. The third kappa shape index (κ3) is 8.17. The van der Waals surface area contributed by atoms with Crippen LogP contribution < -0.4 is 19.1 Å². The molecule has 3 rings (SSSR count). The largest absolute Gasteiger partial charge is 0.493 e. The lowest BCUT2D eigenvalue weighted by molar-refractivity contribution is -0.139. The van der Waals surface area contributed by atoms with Crippen LogP contribution in [0.5, 0.6) is 11.5 Å². The molecule has 0 spiro atoms. The maximum absolute atomic E-state index is 14.1. The fourth-order valence-electron chi connectivity index (χ4n) is 4.29. The highest BCUT2D eigenvalue weighted by atomic mass is 35.5. The molecule has 0 fully saturated rings. The number of benzene rings is 3. The van der Waals surface area contributed by atoms with Gasteiger partial charge >= 0.3 is 0 Å². The first kappa shape index (κ1) is 32.8. The highest BCUT2D eigenvalue weighted by Crippen LogP contribution is 2.32. The van der Waals surface area contributed by atoms with E-state index in [-0.39, 0.29) is 23.1 Å². The fraction of sp³-hybridized carbons (Fsp3) is 0.355. The third-order valence-electron chi connectivity index (χ3n) is 6.78. The third-order valence-corrected chi connectivity index (χ3v) is 8.79. The minimum absolute atomic E-state index is 0.0555. The van der Waals surface area contributed by atoms with E-state index < -0.39 is 28.5 Å². The van der Waals surface area contributed by atoms with Crippen LogP contribution in [0.1, 0.15) is 37.8 Å². The predicted octanol–water partition coefficient (Wildman–Crippen LogP) is 5.19. The molecule has 0 aliphatic carbocycles. The van der Waals surface area contributed by atoms with Crippen molar-refractivity contribution >= 4 is 39.1 Å². The number of nitrogens with zero attached hydrogens (tertiary/aromatic N) is 2. The molecule has 0 aliphatic rings. The molecule has 226 valence electrons. The summed E-state index contributed by atoms with van der Waals surface area (Å²) in [5.74, 6) is -0.292. The quantitative estimate of drug-likeness (QED) is 0.250. The molecular weight excluding hydrogens is 578 g/mol. The lowest BCUT2D eigenvalue weighted by Crippen LogP contribution is -2.51. The number of carbonyl (C=O) groups excluding carboxylic acids is 2. The van der Waals surface area contributed by atoms with E-state index in [0.717, 1.165) is 22.7 Å². The smallest absolute Gasteiger partial charge is 0.264 e. The van der Waals surface area contributed by atoms with Gasteiger partial charge in [0.05, 0.1) is 24.8 Å². The van der Waals surface area contributed by atoms with Gasteiger partial charge < -0.3 is 19.7 Å². The zero-order valence-electron chi connectivity index (χ0n) is 24.6. The van der Waals surface area contributed by atoms with Crippen LogP contribution in [0.4, 0.5) is 5.69 Å². The van der Waals surface area contributed by atoms with E-state index in [1.165, 1.54) is 37.3 Å². The Kier molecular flexibility index (Phi) is 11.6. The number of aryl methyl sites for hydroxylation is 1. The highest BCUT2D eigenvalue weighted by molar-refractivity contribution is 7.92. The number of sulfonamides is 1. The molecule has 9 nitrogen and oxygen atoms in total. The monoisotopic (exact) mass is 615 g/mol. The van der Waals surface area contributed by atoms with Crippen molar-refractivity contribution in [3.63, 3.8) is 0 Å². The molecule has 2 amide bonds. The van der Waals surface area contributed by atoms with Crippen LogP contribution in [0.25, 0.3) is 0 Å². The van der Waals surface area contributed by atoms with Crippen molar-refractivity contribution in [3.8, 4) is 11.5 Å². The van der Waals surface area contributed by atoms with Crippen LogP contribution in [0.2, 0.25) is 5.02 Å². The van der Waals surface area contributed by atoms with Crippen molar-refractivity contribution in [2.75, 3.05) is 31.6 Å². The minimum atomic E-state index is -4.27. The van der Waals surface area contributed by atoms with Gasteiger partial charge in [0.1, 0.15) is 12.6 Å². The molecule has 0 saturated carbocycles. The maximum atomic E-state index is 14.1. The Hall–Kier alpha value is -3.76. The van der Waals surface area contributed by atoms with E-state index >= 15 is 0 Å². The van der Waals surface area contributed by atoms with E-state index in [2.05, 4.69) is 5.32 Å². The van der Waals surface area contributed by atoms with Gasteiger partial charge in [-0.2, -0.15) is 0 Å². The molecule has 0 radical (unpaired) electrons. The first-order valence-corrected chi connectivity index (χ1v) is 15.5. The molecule has 3 aromatic rings. The van der Waals surface area contributed by atoms with Crippen LogP contribution in [0.3, 0.4) is 0 Å². The number of methoxy groups -OCH3 is 2. The second-order valence-corrected chi connectivity index (χ2v) is 12.1. The highest BCUT2D eigenvalue weighted by Gasteiger charge is 2.33. The molecule has 0 aliphatic heterocycles. The second-order valence-electron chi connectivity index (χ2n) is 9.84. The second kappa shape index (κ2) is 14.9. The van der Waals surface area contributed by atoms with Crippen LogP contribution in [0.15, 0.2) is 71.6 Å². The summed E-state index contributed by atoms with van der Waals surface area (Å²) in [6, 6.07) is 17.2. The molecule has 0 bridgehead atoms. The molecule has 1 atom stereocenters. The normalized spacial score (nSPS) is 11.9. The summed E-state index contributed by atoms with van der Waals surface area (Å²) >= 11 is 6.20. The number of unbranched alkanes of at least 4 members (excludes halogenated alkanes) is 1. The Bertz CT molecular complexity index is 1480. The number of rotatable bonds is 14. The summed E-state index contributed by atoms with van der Waals surface area (Å²) in [6.07, 6.45) is 1.70. The van der Waals surface area contributed by atoms with Crippen molar-refractivity contribution in [3.05, 3.63) is 82.9 Å². The number of anilines is 1. The zero-order valence-corrected chi connectivity index (χ0v) is 26.2. The summed E-state index contributed by atoms with van der Waals surface area (Å²) < 4.78 is 39.8. The summed E-state index contributed by atoms with van der Waals surface area (Å²) in [4.78, 5) is 28.4. The van der Waals surface area contributed by atoms with Gasteiger partial charge in [-0.25, -0.2) is 8.42 Å². The lowest BCUT2D eigenvalue weighted by Gasteiger charge is -2.32. The Balaban J connectivity index is 2.04. The van der Waals surface area contributed by atoms with Gasteiger partial charge in [0.2, 0.25) is 11.8 Å². The lowest BCUT2D eigenvalue weighted by atomic mass is 10.1. The van der Waals surface area contributed by atoms with E-state index in [9.17, 15) is 18.0 Å². The van der Waals surface area contributed by atoms with Gasteiger partial charge in [0, 0.05) is 24.2 Å². The number of halogens is 1. The van der Waals surface area contributed by atoms with Crippen LogP contribution in [0, 0.1) is 6.92 Å². The average molecular weight is 616 g/mol. The first-order valence-electron chi connectivity index (χ1n) is 13.6. The summed E-state index contributed by atoms with van der Waals surface area (Å²) in [7, 11) is -1.40. The molecule has 0 saturated heterocycles. The maximum Gasteiger partial charge on any atom is 0.264 e. The predicted molar refractivity (Wildman–Crippen MR) is 165 cm³/mol. The standard InChI is InChI=1S/C31H38ClN3O6S/c1-6-7-17-33-31(37)23(3)34(20-24-9-8-10-25(32)18-24)30(36)21-35(26-13-11-22(2)12-14-26)42(38,39)27-15-16-28(40-4)29(19-27)41-5/h8-16,18-19,23H,6-7,17,20-21H2,1-5H3,(H,33,37)/t23-/m1/s1. The minimum Gasteiger partial charge on any atom is -0.493 e. The van der Waals surface area contributed by atoms with E-state index in [1.807, 2.05) is 13.8 Å². The van der Waals surface area contributed by atoms with Crippen LogP contribution in [-0.4, -0.2) is 58.5 Å².